The van der Waals surface area contributed by atoms with Crippen molar-refractivity contribution in [1.82, 2.24) is 9.88 Å². The van der Waals surface area contributed by atoms with Gasteiger partial charge in [0, 0.05) is 38.4 Å². The number of hydrogen-bond acceptors (Lipinski definition) is 5. The molecule has 1 saturated heterocycles. The van der Waals surface area contributed by atoms with Crippen LogP contribution in [0, 0.1) is 0 Å². The SMILES string of the molecule is OCc1cnc(N2CCN(C3CC3)CC2)s1. The highest BCUT2D eigenvalue weighted by Crippen LogP contribution is 2.29. The van der Waals surface area contributed by atoms with Crippen molar-refractivity contribution in [2.24, 2.45) is 0 Å². The van der Waals surface area contributed by atoms with Crippen molar-refractivity contribution in [2.45, 2.75) is 25.5 Å². The molecule has 5 heteroatoms. The Morgan fingerprint density at radius 3 is 2.62 bits per heavy atom. The van der Waals surface area contributed by atoms with Gasteiger partial charge < -0.3 is 10.0 Å². The van der Waals surface area contributed by atoms with Crippen LogP contribution in [0.1, 0.15) is 17.7 Å². The van der Waals surface area contributed by atoms with Gasteiger partial charge in [-0.1, -0.05) is 11.3 Å². The normalized spacial score (nSPS) is 22.7. The molecule has 4 nitrogen and oxygen atoms in total. The molecule has 2 fully saturated rings. The van der Waals surface area contributed by atoms with Crippen molar-refractivity contribution in [1.29, 1.82) is 0 Å². The fraction of sp³-hybridized carbons (Fsp3) is 0.727. The molecule has 0 spiro atoms. The van der Waals surface area contributed by atoms with E-state index >= 15 is 0 Å². The van der Waals surface area contributed by atoms with Crippen molar-refractivity contribution >= 4 is 16.5 Å². The second kappa shape index (κ2) is 4.31. The average Bonchev–Trinajstić information content (AvgIpc) is 3.07. The zero-order valence-electron chi connectivity index (χ0n) is 9.30. The maximum atomic E-state index is 9.02. The van der Waals surface area contributed by atoms with Crippen LogP contribution in [0.15, 0.2) is 6.20 Å². The smallest absolute Gasteiger partial charge is 0.185 e. The molecule has 0 aromatic carbocycles. The lowest BCUT2D eigenvalue weighted by atomic mass is 10.3. The number of aromatic nitrogens is 1. The second-order valence-electron chi connectivity index (χ2n) is 4.52. The molecule has 2 heterocycles. The van der Waals surface area contributed by atoms with Gasteiger partial charge in [-0.3, -0.25) is 4.90 Å². The lowest BCUT2D eigenvalue weighted by molar-refractivity contribution is 0.248. The van der Waals surface area contributed by atoms with Crippen molar-refractivity contribution in [3.8, 4) is 0 Å². The highest BCUT2D eigenvalue weighted by molar-refractivity contribution is 7.15. The van der Waals surface area contributed by atoms with E-state index in [9.17, 15) is 0 Å². The van der Waals surface area contributed by atoms with E-state index in [1.54, 1.807) is 17.5 Å². The molecule has 1 aromatic heterocycles. The summed E-state index contributed by atoms with van der Waals surface area (Å²) >= 11 is 1.61. The third-order valence-corrected chi connectivity index (χ3v) is 4.39. The molecule has 88 valence electrons. The summed E-state index contributed by atoms with van der Waals surface area (Å²) in [5.74, 6) is 0. The van der Waals surface area contributed by atoms with E-state index in [0.717, 1.165) is 29.1 Å². The number of hydrogen-bond donors (Lipinski definition) is 1. The standard InChI is InChI=1S/C11H17N3OS/c15-8-10-7-12-11(16-10)14-5-3-13(4-6-14)9-1-2-9/h7,9,15H,1-6,8H2. The van der Waals surface area contributed by atoms with Gasteiger partial charge in [0.2, 0.25) is 0 Å². The number of aliphatic hydroxyl groups is 1. The van der Waals surface area contributed by atoms with Gasteiger partial charge in [0.1, 0.15) is 0 Å². The summed E-state index contributed by atoms with van der Waals surface area (Å²) in [6.45, 7) is 4.60. The van der Waals surface area contributed by atoms with Crippen molar-refractivity contribution < 1.29 is 5.11 Å². The molecule has 1 N–H and O–H groups in total. The molecular weight excluding hydrogens is 222 g/mol. The number of rotatable bonds is 3. The first-order valence-corrected chi connectivity index (χ1v) is 6.73. The number of nitrogens with zero attached hydrogens (tertiary/aromatic N) is 3. The molecule has 1 saturated carbocycles. The van der Waals surface area contributed by atoms with Gasteiger partial charge in [0.25, 0.3) is 0 Å². The minimum Gasteiger partial charge on any atom is -0.391 e. The third kappa shape index (κ3) is 2.07. The van der Waals surface area contributed by atoms with Crippen LogP contribution in [0.5, 0.6) is 0 Å². The highest BCUT2D eigenvalue weighted by Gasteiger charge is 2.31. The summed E-state index contributed by atoms with van der Waals surface area (Å²) in [6.07, 6.45) is 4.57. The summed E-state index contributed by atoms with van der Waals surface area (Å²) in [4.78, 5) is 10.3. The Kier molecular flexibility index (Phi) is 2.83. The molecule has 3 rings (SSSR count). The van der Waals surface area contributed by atoms with E-state index in [1.165, 1.54) is 25.9 Å². The monoisotopic (exact) mass is 239 g/mol. The molecule has 0 unspecified atom stereocenters. The number of aliphatic hydroxyl groups excluding tert-OH is 1. The maximum Gasteiger partial charge on any atom is 0.185 e. The summed E-state index contributed by atoms with van der Waals surface area (Å²) in [7, 11) is 0. The van der Waals surface area contributed by atoms with E-state index in [-0.39, 0.29) is 6.61 Å². The van der Waals surface area contributed by atoms with Gasteiger partial charge in [-0.25, -0.2) is 4.98 Å². The number of piperazine rings is 1. The van der Waals surface area contributed by atoms with Crippen LogP contribution in [0.2, 0.25) is 0 Å². The summed E-state index contributed by atoms with van der Waals surface area (Å²) in [5, 5.41) is 10.1. The Morgan fingerprint density at radius 2 is 2.06 bits per heavy atom. The molecule has 16 heavy (non-hydrogen) atoms. The molecule has 0 radical (unpaired) electrons. The van der Waals surface area contributed by atoms with Gasteiger partial charge in [-0.05, 0) is 12.8 Å². The van der Waals surface area contributed by atoms with E-state index < -0.39 is 0 Å². The quantitative estimate of drug-likeness (QED) is 0.851. The van der Waals surface area contributed by atoms with Crippen LogP contribution in [0.4, 0.5) is 5.13 Å². The minimum atomic E-state index is 0.111. The Hall–Kier alpha value is -0.650. The molecule has 2 aliphatic rings. The van der Waals surface area contributed by atoms with Crippen LogP contribution >= 0.6 is 11.3 Å². The van der Waals surface area contributed by atoms with Crippen LogP contribution in [-0.4, -0.2) is 47.2 Å². The fourth-order valence-corrected chi connectivity index (χ4v) is 3.06. The first-order valence-electron chi connectivity index (χ1n) is 5.91. The lowest BCUT2D eigenvalue weighted by Crippen LogP contribution is -2.47. The van der Waals surface area contributed by atoms with Crippen LogP contribution in [0.25, 0.3) is 0 Å². The Balaban J connectivity index is 1.60. The van der Waals surface area contributed by atoms with Gasteiger partial charge in [-0.2, -0.15) is 0 Å². The zero-order chi connectivity index (χ0) is 11.0. The van der Waals surface area contributed by atoms with E-state index in [2.05, 4.69) is 14.8 Å². The molecular formula is C11H17N3OS. The van der Waals surface area contributed by atoms with E-state index in [1.807, 2.05) is 0 Å². The Bertz CT molecular complexity index is 356. The molecule has 0 atom stereocenters. The minimum absolute atomic E-state index is 0.111. The fourth-order valence-electron chi connectivity index (χ4n) is 2.23. The van der Waals surface area contributed by atoms with Crippen LogP contribution < -0.4 is 4.90 Å². The zero-order valence-corrected chi connectivity index (χ0v) is 10.1. The van der Waals surface area contributed by atoms with Crippen molar-refractivity contribution in [3.63, 3.8) is 0 Å². The first kappa shape index (κ1) is 10.5. The number of anilines is 1. The molecule has 0 bridgehead atoms. The van der Waals surface area contributed by atoms with Gasteiger partial charge in [-0.15, -0.1) is 0 Å². The molecule has 0 amide bonds. The molecule has 1 aliphatic heterocycles. The molecule has 1 aromatic rings. The first-order chi connectivity index (χ1) is 7.86. The number of thiazole rings is 1. The summed E-state index contributed by atoms with van der Waals surface area (Å²) in [6, 6.07) is 0.881. The van der Waals surface area contributed by atoms with Crippen LogP contribution in [-0.2, 0) is 6.61 Å². The second-order valence-corrected chi connectivity index (χ2v) is 5.62. The van der Waals surface area contributed by atoms with Gasteiger partial charge >= 0.3 is 0 Å². The average molecular weight is 239 g/mol. The summed E-state index contributed by atoms with van der Waals surface area (Å²) in [5.41, 5.74) is 0. The van der Waals surface area contributed by atoms with E-state index in [4.69, 9.17) is 5.11 Å². The van der Waals surface area contributed by atoms with Crippen molar-refractivity contribution in [3.05, 3.63) is 11.1 Å². The largest absolute Gasteiger partial charge is 0.391 e. The van der Waals surface area contributed by atoms with Crippen LogP contribution in [0.3, 0.4) is 0 Å². The lowest BCUT2D eigenvalue weighted by Gasteiger charge is -2.34. The maximum absolute atomic E-state index is 9.02. The predicted molar refractivity (Wildman–Crippen MR) is 64.8 cm³/mol. The third-order valence-electron chi connectivity index (χ3n) is 3.35. The van der Waals surface area contributed by atoms with Gasteiger partial charge in [0.05, 0.1) is 11.5 Å². The Labute approximate surface area is 99.5 Å². The van der Waals surface area contributed by atoms with Crippen molar-refractivity contribution in [2.75, 3.05) is 31.1 Å². The topological polar surface area (TPSA) is 39.6 Å². The predicted octanol–water partition coefficient (Wildman–Crippen LogP) is 0.920. The molecule has 1 aliphatic carbocycles. The summed E-state index contributed by atoms with van der Waals surface area (Å²) < 4.78 is 0. The Morgan fingerprint density at radius 1 is 1.31 bits per heavy atom. The van der Waals surface area contributed by atoms with Gasteiger partial charge in [0.15, 0.2) is 5.13 Å². The highest BCUT2D eigenvalue weighted by atomic mass is 32.1. The van der Waals surface area contributed by atoms with E-state index in [0.29, 0.717) is 0 Å².